The van der Waals surface area contributed by atoms with Gasteiger partial charge in [-0.05, 0) is 56.0 Å². The van der Waals surface area contributed by atoms with E-state index in [9.17, 15) is 14.4 Å². The molecule has 0 aliphatic heterocycles. The molecule has 0 fully saturated rings. The van der Waals surface area contributed by atoms with E-state index in [1.165, 1.54) is 20.3 Å². The second-order valence-corrected chi connectivity index (χ2v) is 7.15. The Morgan fingerprint density at radius 1 is 1.07 bits per heavy atom. The molecule has 6 heteroatoms. The number of allylic oxidation sites excluding steroid dienone is 1. The molecule has 0 saturated carbocycles. The zero-order chi connectivity index (χ0) is 22.1. The van der Waals surface area contributed by atoms with Crippen molar-refractivity contribution in [3.63, 3.8) is 0 Å². The highest BCUT2D eigenvalue weighted by molar-refractivity contribution is 6.03. The minimum Gasteiger partial charge on any atom is -0.468 e. The van der Waals surface area contributed by atoms with E-state index in [0.29, 0.717) is 18.4 Å². The Balaban J connectivity index is 2.31. The van der Waals surface area contributed by atoms with Gasteiger partial charge in [-0.25, -0.2) is 4.79 Å². The summed E-state index contributed by atoms with van der Waals surface area (Å²) >= 11 is 0. The first-order valence-corrected chi connectivity index (χ1v) is 9.93. The van der Waals surface area contributed by atoms with Crippen LogP contribution < -0.4 is 0 Å². The van der Waals surface area contributed by atoms with Gasteiger partial charge >= 0.3 is 17.9 Å². The largest absolute Gasteiger partial charge is 0.468 e. The lowest BCUT2D eigenvalue weighted by Crippen LogP contribution is -2.46. The SMILES string of the molecule is CCC(C)=C=CC(C(=O)OC)(C(=O)OC)[C@H]1C=C[C@@H](OC(=O)c2ccccc2)CC1. The van der Waals surface area contributed by atoms with Gasteiger partial charge in [0.25, 0.3) is 0 Å². The molecule has 30 heavy (non-hydrogen) atoms. The molecule has 0 aromatic heterocycles. The number of hydrogen-bond donors (Lipinski definition) is 0. The molecule has 0 unspecified atom stereocenters. The van der Waals surface area contributed by atoms with E-state index in [1.807, 2.05) is 19.9 Å². The van der Waals surface area contributed by atoms with Crippen molar-refractivity contribution in [2.24, 2.45) is 11.3 Å². The van der Waals surface area contributed by atoms with E-state index in [4.69, 9.17) is 14.2 Å². The summed E-state index contributed by atoms with van der Waals surface area (Å²) in [6.07, 6.45) is 6.05. The maximum absolute atomic E-state index is 12.8. The fraction of sp³-hybridized carbons (Fsp3) is 0.417. The van der Waals surface area contributed by atoms with E-state index in [-0.39, 0.29) is 0 Å². The summed E-state index contributed by atoms with van der Waals surface area (Å²) in [5, 5.41) is 0. The fourth-order valence-corrected chi connectivity index (χ4v) is 3.34. The van der Waals surface area contributed by atoms with Crippen LogP contribution in [-0.2, 0) is 23.8 Å². The van der Waals surface area contributed by atoms with Gasteiger partial charge in [0.05, 0.1) is 19.8 Å². The molecular formula is C24H28O6. The smallest absolute Gasteiger partial charge is 0.338 e. The van der Waals surface area contributed by atoms with Gasteiger partial charge in [-0.15, -0.1) is 5.73 Å². The Hall–Kier alpha value is -3.11. The molecule has 0 spiro atoms. The van der Waals surface area contributed by atoms with Gasteiger partial charge in [-0.3, -0.25) is 9.59 Å². The predicted octanol–water partition coefficient (Wildman–Crippen LogP) is 4.02. The van der Waals surface area contributed by atoms with Crippen molar-refractivity contribution in [3.8, 4) is 0 Å². The van der Waals surface area contributed by atoms with Gasteiger partial charge in [-0.1, -0.05) is 31.2 Å². The highest BCUT2D eigenvalue weighted by atomic mass is 16.5. The van der Waals surface area contributed by atoms with Crippen LogP contribution in [0.5, 0.6) is 0 Å². The molecule has 2 atom stereocenters. The third kappa shape index (κ3) is 5.08. The highest BCUT2D eigenvalue weighted by Gasteiger charge is 2.52. The molecule has 0 bridgehead atoms. The highest BCUT2D eigenvalue weighted by Crippen LogP contribution is 2.39. The molecule has 0 heterocycles. The summed E-state index contributed by atoms with van der Waals surface area (Å²) in [7, 11) is 2.47. The molecule has 1 aliphatic rings. The maximum Gasteiger partial charge on any atom is 0.338 e. The number of methoxy groups -OCH3 is 2. The van der Waals surface area contributed by atoms with Crippen molar-refractivity contribution in [2.45, 2.75) is 39.2 Å². The van der Waals surface area contributed by atoms with Gasteiger partial charge < -0.3 is 14.2 Å². The average molecular weight is 412 g/mol. The van der Waals surface area contributed by atoms with Crippen LogP contribution in [0.25, 0.3) is 0 Å². The standard InChI is InChI=1S/C24H28O6/c1-5-17(2)15-16-24(22(26)28-3,23(27)29-4)19-11-13-20(14-12-19)30-21(25)18-9-7-6-8-10-18/h6-11,13,16,19-20H,5,12,14H2,1-4H3/t15?,19-,20+/m0/s1. The van der Waals surface area contributed by atoms with Crippen LogP contribution in [-0.4, -0.2) is 38.2 Å². The molecule has 6 nitrogen and oxygen atoms in total. The van der Waals surface area contributed by atoms with Crippen molar-refractivity contribution >= 4 is 17.9 Å². The van der Waals surface area contributed by atoms with Crippen LogP contribution in [0.3, 0.4) is 0 Å². The number of benzene rings is 1. The van der Waals surface area contributed by atoms with Crippen molar-refractivity contribution in [3.05, 3.63) is 65.4 Å². The van der Waals surface area contributed by atoms with Gasteiger partial charge in [0.2, 0.25) is 0 Å². The van der Waals surface area contributed by atoms with Crippen LogP contribution in [0.15, 0.2) is 59.9 Å². The van der Waals surface area contributed by atoms with E-state index >= 15 is 0 Å². The lowest BCUT2D eigenvalue weighted by atomic mass is 9.70. The predicted molar refractivity (Wildman–Crippen MR) is 112 cm³/mol. The van der Waals surface area contributed by atoms with Gasteiger partial charge in [0.1, 0.15) is 6.10 Å². The lowest BCUT2D eigenvalue weighted by molar-refractivity contribution is -0.168. The van der Waals surface area contributed by atoms with E-state index in [0.717, 1.165) is 12.0 Å². The molecule has 0 saturated heterocycles. The molecule has 2 rings (SSSR count). The molecule has 1 aromatic rings. The summed E-state index contributed by atoms with van der Waals surface area (Å²) in [6, 6.07) is 8.73. The van der Waals surface area contributed by atoms with Crippen LogP contribution >= 0.6 is 0 Å². The first kappa shape index (κ1) is 23.2. The number of carbonyl (C=O) groups is 3. The van der Waals surface area contributed by atoms with Gasteiger partial charge in [0, 0.05) is 5.92 Å². The van der Waals surface area contributed by atoms with Crippen LogP contribution in [0.1, 0.15) is 43.5 Å². The Bertz CT molecular complexity index is 845. The Morgan fingerprint density at radius 2 is 1.70 bits per heavy atom. The topological polar surface area (TPSA) is 78.9 Å². The zero-order valence-corrected chi connectivity index (χ0v) is 17.8. The number of esters is 3. The Kier molecular flexibility index (Phi) is 8.19. The van der Waals surface area contributed by atoms with Crippen LogP contribution in [0.4, 0.5) is 0 Å². The summed E-state index contributed by atoms with van der Waals surface area (Å²) in [5.74, 6) is -2.35. The summed E-state index contributed by atoms with van der Waals surface area (Å²) in [5.41, 5.74) is 2.75. The van der Waals surface area contributed by atoms with Crippen LogP contribution in [0, 0.1) is 11.3 Å². The zero-order valence-electron chi connectivity index (χ0n) is 17.8. The minimum absolute atomic E-state index is 0.419. The summed E-state index contributed by atoms with van der Waals surface area (Å²) in [4.78, 5) is 37.8. The molecule has 0 amide bonds. The first-order chi connectivity index (χ1) is 14.4. The van der Waals surface area contributed by atoms with Gasteiger partial charge in [0.15, 0.2) is 5.41 Å². The van der Waals surface area contributed by atoms with Crippen molar-refractivity contribution < 1.29 is 28.6 Å². The molecule has 1 aromatic carbocycles. The Labute approximate surface area is 177 Å². The molecule has 1 aliphatic carbocycles. The van der Waals surface area contributed by atoms with Crippen molar-refractivity contribution in [1.29, 1.82) is 0 Å². The third-order valence-corrected chi connectivity index (χ3v) is 5.30. The third-order valence-electron chi connectivity index (χ3n) is 5.30. The maximum atomic E-state index is 12.8. The minimum atomic E-state index is -1.65. The lowest BCUT2D eigenvalue weighted by Gasteiger charge is -2.34. The van der Waals surface area contributed by atoms with E-state index < -0.39 is 35.3 Å². The van der Waals surface area contributed by atoms with Gasteiger partial charge in [-0.2, -0.15) is 0 Å². The monoisotopic (exact) mass is 412 g/mol. The summed E-state index contributed by atoms with van der Waals surface area (Å²) < 4.78 is 15.5. The molecular weight excluding hydrogens is 384 g/mol. The molecule has 0 radical (unpaired) electrons. The van der Waals surface area contributed by atoms with Crippen molar-refractivity contribution in [1.82, 2.24) is 0 Å². The normalized spacial score (nSPS) is 18.0. The summed E-state index contributed by atoms with van der Waals surface area (Å²) in [6.45, 7) is 3.83. The second kappa shape index (κ2) is 10.6. The van der Waals surface area contributed by atoms with Crippen molar-refractivity contribution in [2.75, 3.05) is 14.2 Å². The molecule has 0 N–H and O–H groups in total. The quantitative estimate of drug-likeness (QED) is 0.221. The van der Waals surface area contributed by atoms with E-state index in [1.54, 1.807) is 36.4 Å². The molecule has 160 valence electrons. The number of carbonyl (C=O) groups excluding carboxylic acids is 3. The average Bonchev–Trinajstić information content (AvgIpc) is 2.79. The number of rotatable bonds is 7. The Morgan fingerprint density at radius 3 is 2.20 bits per heavy atom. The second-order valence-electron chi connectivity index (χ2n) is 7.15. The number of hydrogen-bond acceptors (Lipinski definition) is 6. The fourth-order valence-electron chi connectivity index (χ4n) is 3.34. The van der Waals surface area contributed by atoms with E-state index in [2.05, 4.69) is 5.73 Å². The number of ether oxygens (including phenoxy) is 3. The van der Waals surface area contributed by atoms with Crippen LogP contribution in [0.2, 0.25) is 0 Å². The first-order valence-electron chi connectivity index (χ1n) is 9.93.